The molecule has 1 aromatic carbocycles. The van der Waals surface area contributed by atoms with Gasteiger partial charge in [-0.05, 0) is 31.0 Å². The Morgan fingerprint density at radius 2 is 2.17 bits per heavy atom. The number of ether oxygens (including phenoxy) is 1. The predicted octanol–water partition coefficient (Wildman–Crippen LogP) is 2.47. The SMILES string of the molecule is COCCCNc1nc(N)c([N+](=O)[O-])c(Nc2cccc(C)c2)n1. The number of rotatable bonds is 8. The number of aryl methyl sites for hydroxylation is 1. The maximum Gasteiger partial charge on any atom is 0.353 e. The molecule has 0 aliphatic rings. The van der Waals surface area contributed by atoms with Gasteiger partial charge in [0, 0.05) is 25.9 Å². The van der Waals surface area contributed by atoms with E-state index in [1.54, 1.807) is 13.2 Å². The molecule has 2 aromatic rings. The Morgan fingerprint density at radius 1 is 1.38 bits per heavy atom. The van der Waals surface area contributed by atoms with Crippen LogP contribution >= 0.6 is 0 Å². The van der Waals surface area contributed by atoms with Crippen LogP contribution in [0.5, 0.6) is 0 Å². The Bertz CT molecular complexity index is 722. The molecule has 1 heterocycles. The third-order valence-corrected chi connectivity index (χ3v) is 3.18. The first kappa shape index (κ1) is 17.4. The van der Waals surface area contributed by atoms with Crippen molar-refractivity contribution < 1.29 is 9.66 Å². The largest absolute Gasteiger partial charge is 0.385 e. The van der Waals surface area contributed by atoms with Crippen molar-refractivity contribution in [3.05, 3.63) is 39.9 Å². The molecule has 0 atom stereocenters. The van der Waals surface area contributed by atoms with Gasteiger partial charge in [0.2, 0.25) is 17.6 Å². The Morgan fingerprint density at radius 3 is 2.83 bits per heavy atom. The van der Waals surface area contributed by atoms with Crippen molar-refractivity contribution in [1.82, 2.24) is 9.97 Å². The lowest BCUT2D eigenvalue weighted by Crippen LogP contribution is -2.12. The molecule has 0 fully saturated rings. The molecule has 128 valence electrons. The monoisotopic (exact) mass is 332 g/mol. The molecule has 0 aliphatic carbocycles. The lowest BCUT2D eigenvalue weighted by atomic mass is 10.2. The van der Waals surface area contributed by atoms with Crippen LogP contribution in [0.15, 0.2) is 24.3 Å². The van der Waals surface area contributed by atoms with Gasteiger partial charge in [-0.15, -0.1) is 0 Å². The van der Waals surface area contributed by atoms with E-state index >= 15 is 0 Å². The van der Waals surface area contributed by atoms with Crippen LogP contribution in [0.1, 0.15) is 12.0 Å². The van der Waals surface area contributed by atoms with Gasteiger partial charge in [-0.3, -0.25) is 10.1 Å². The summed E-state index contributed by atoms with van der Waals surface area (Å²) < 4.78 is 4.96. The molecule has 9 nitrogen and oxygen atoms in total. The van der Waals surface area contributed by atoms with Gasteiger partial charge in [0.25, 0.3) is 0 Å². The van der Waals surface area contributed by atoms with E-state index < -0.39 is 4.92 Å². The molecule has 9 heteroatoms. The van der Waals surface area contributed by atoms with Crippen molar-refractivity contribution in [1.29, 1.82) is 0 Å². The number of nitro groups is 1. The smallest absolute Gasteiger partial charge is 0.353 e. The molecule has 0 bridgehead atoms. The number of benzene rings is 1. The van der Waals surface area contributed by atoms with Gasteiger partial charge in [0.15, 0.2) is 0 Å². The summed E-state index contributed by atoms with van der Waals surface area (Å²) in [6, 6.07) is 7.42. The highest BCUT2D eigenvalue weighted by Gasteiger charge is 2.23. The second-order valence-electron chi connectivity index (χ2n) is 5.15. The number of hydrogen-bond acceptors (Lipinski definition) is 8. The van der Waals surface area contributed by atoms with Gasteiger partial charge >= 0.3 is 5.69 Å². The topological polar surface area (TPSA) is 128 Å². The van der Waals surface area contributed by atoms with Crippen molar-refractivity contribution in [2.45, 2.75) is 13.3 Å². The summed E-state index contributed by atoms with van der Waals surface area (Å²) in [6.45, 7) is 3.08. The molecule has 1 aromatic heterocycles. The highest BCUT2D eigenvalue weighted by Crippen LogP contribution is 2.31. The summed E-state index contributed by atoms with van der Waals surface area (Å²) in [5.41, 5.74) is 7.09. The standard InChI is InChI=1S/C15H20N6O3/c1-10-5-3-6-11(9-10)18-14-12(21(22)23)13(16)19-15(20-14)17-7-4-8-24-2/h3,5-6,9H,4,7-8H2,1-2H3,(H4,16,17,18,19,20). The number of anilines is 4. The Hall–Kier alpha value is -2.94. The minimum absolute atomic E-state index is 0.0485. The summed E-state index contributed by atoms with van der Waals surface area (Å²) in [5, 5.41) is 17.2. The summed E-state index contributed by atoms with van der Waals surface area (Å²) in [7, 11) is 1.62. The van der Waals surface area contributed by atoms with E-state index in [1.807, 2.05) is 25.1 Å². The third-order valence-electron chi connectivity index (χ3n) is 3.18. The zero-order valence-corrected chi connectivity index (χ0v) is 13.6. The van der Waals surface area contributed by atoms with Crippen LogP contribution in [0.25, 0.3) is 0 Å². The van der Waals surface area contributed by atoms with Gasteiger partial charge in [-0.25, -0.2) is 0 Å². The van der Waals surface area contributed by atoms with E-state index in [0.717, 1.165) is 12.0 Å². The molecule has 0 saturated carbocycles. The molecule has 0 aliphatic heterocycles. The molecule has 0 saturated heterocycles. The summed E-state index contributed by atoms with van der Waals surface area (Å²) in [5.74, 6) is 0.0797. The summed E-state index contributed by atoms with van der Waals surface area (Å²) in [4.78, 5) is 18.8. The van der Waals surface area contributed by atoms with Crippen molar-refractivity contribution >= 4 is 29.0 Å². The number of aromatic nitrogens is 2. The Labute approximate surface area is 139 Å². The predicted molar refractivity (Wildman–Crippen MR) is 92.5 cm³/mol. The zero-order chi connectivity index (χ0) is 17.5. The fourth-order valence-electron chi connectivity index (χ4n) is 2.09. The first-order valence-corrected chi connectivity index (χ1v) is 7.39. The summed E-state index contributed by atoms with van der Waals surface area (Å²) in [6.07, 6.45) is 0.747. The van der Waals surface area contributed by atoms with E-state index in [4.69, 9.17) is 10.5 Å². The average molecular weight is 332 g/mol. The molecule has 4 N–H and O–H groups in total. The third kappa shape index (κ3) is 4.53. The first-order valence-electron chi connectivity index (χ1n) is 7.39. The molecular weight excluding hydrogens is 312 g/mol. The minimum atomic E-state index is -0.595. The average Bonchev–Trinajstić information content (AvgIpc) is 2.51. The van der Waals surface area contributed by atoms with E-state index in [-0.39, 0.29) is 23.3 Å². The highest BCUT2D eigenvalue weighted by molar-refractivity contribution is 5.74. The quantitative estimate of drug-likeness (QED) is 0.382. The number of nitrogens with one attached hydrogen (secondary N) is 2. The second-order valence-corrected chi connectivity index (χ2v) is 5.15. The van der Waals surface area contributed by atoms with Gasteiger partial charge < -0.3 is 21.1 Å². The normalized spacial score (nSPS) is 10.4. The minimum Gasteiger partial charge on any atom is -0.385 e. The van der Waals surface area contributed by atoms with E-state index in [1.165, 1.54) is 0 Å². The fourth-order valence-corrected chi connectivity index (χ4v) is 2.09. The lowest BCUT2D eigenvalue weighted by molar-refractivity contribution is -0.383. The molecule has 2 rings (SSSR count). The van der Waals surface area contributed by atoms with Crippen molar-refractivity contribution in [3.63, 3.8) is 0 Å². The zero-order valence-electron chi connectivity index (χ0n) is 13.6. The van der Waals surface area contributed by atoms with Crippen molar-refractivity contribution in [2.24, 2.45) is 0 Å². The molecule has 24 heavy (non-hydrogen) atoms. The maximum atomic E-state index is 11.3. The van der Waals surface area contributed by atoms with Crippen molar-refractivity contribution in [2.75, 3.05) is 36.6 Å². The van der Waals surface area contributed by atoms with E-state index in [2.05, 4.69) is 20.6 Å². The van der Waals surface area contributed by atoms with E-state index in [0.29, 0.717) is 18.8 Å². The number of nitrogens with zero attached hydrogens (tertiary/aromatic N) is 3. The van der Waals surface area contributed by atoms with Crippen LogP contribution in [-0.4, -0.2) is 35.2 Å². The molecule has 0 amide bonds. The van der Waals surface area contributed by atoms with Crippen LogP contribution < -0.4 is 16.4 Å². The van der Waals surface area contributed by atoms with Gasteiger partial charge in [0.1, 0.15) is 0 Å². The first-order chi connectivity index (χ1) is 11.5. The van der Waals surface area contributed by atoms with Crippen LogP contribution in [0.2, 0.25) is 0 Å². The van der Waals surface area contributed by atoms with Gasteiger partial charge in [0.05, 0.1) is 4.92 Å². The van der Waals surface area contributed by atoms with Crippen LogP contribution in [0, 0.1) is 17.0 Å². The van der Waals surface area contributed by atoms with Gasteiger partial charge in [-0.2, -0.15) is 9.97 Å². The lowest BCUT2D eigenvalue weighted by Gasteiger charge is -2.11. The summed E-state index contributed by atoms with van der Waals surface area (Å²) >= 11 is 0. The number of nitrogens with two attached hydrogens (primary N) is 1. The molecule has 0 radical (unpaired) electrons. The fraction of sp³-hybridized carbons (Fsp3) is 0.333. The second kappa shape index (κ2) is 8.06. The number of methoxy groups -OCH3 is 1. The number of nitrogen functional groups attached to an aromatic ring is 1. The maximum absolute atomic E-state index is 11.3. The van der Waals surface area contributed by atoms with Gasteiger partial charge in [-0.1, -0.05) is 12.1 Å². The van der Waals surface area contributed by atoms with Crippen LogP contribution in [0.4, 0.5) is 29.0 Å². The van der Waals surface area contributed by atoms with Crippen LogP contribution in [-0.2, 0) is 4.74 Å². The van der Waals surface area contributed by atoms with Crippen molar-refractivity contribution in [3.8, 4) is 0 Å². The molecule has 0 spiro atoms. The Kier molecular flexibility index (Phi) is 5.85. The Balaban J connectivity index is 2.28. The highest BCUT2D eigenvalue weighted by atomic mass is 16.6. The number of hydrogen-bond donors (Lipinski definition) is 3. The van der Waals surface area contributed by atoms with E-state index in [9.17, 15) is 10.1 Å². The molecule has 0 unspecified atom stereocenters. The van der Waals surface area contributed by atoms with Crippen LogP contribution in [0.3, 0.4) is 0 Å². The molecular formula is C15H20N6O3.